The molecular formula is C12H13NO3S. The molecule has 0 aliphatic carbocycles. The van der Waals surface area contributed by atoms with Crippen LogP contribution in [0.15, 0.2) is 34.3 Å². The van der Waals surface area contributed by atoms with Crippen LogP contribution in [-0.2, 0) is 6.54 Å². The zero-order chi connectivity index (χ0) is 12.3. The first-order valence-corrected chi connectivity index (χ1v) is 6.13. The van der Waals surface area contributed by atoms with Gasteiger partial charge < -0.3 is 14.8 Å². The zero-order valence-corrected chi connectivity index (χ0v) is 10.2. The second kappa shape index (κ2) is 5.16. The number of hydrogen-bond donors (Lipinski definition) is 2. The third-order valence-electron chi connectivity index (χ3n) is 2.51. The summed E-state index contributed by atoms with van der Waals surface area (Å²) in [5.41, 5.74) is 0.668. The topological polar surface area (TPSA) is 62.5 Å². The van der Waals surface area contributed by atoms with Crippen molar-refractivity contribution < 1.29 is 14.3 Å². The summed E-state index contributed by atoms with van der Waals surface area (Å²) in [6.07, 6.45) is 1.40. The van der Waals surface area contributed by atoms with Gasteiger partial charge in [-0.25, -0.2) is 4.79 Å². The van der Waals surface area contributed by atoms with E-state index in [0.717, 1.165) is 0 Å². The van der Waals surface area contributed by atoms with Crippen LogP contribution in [0.2, 0.25) is 0 Å². The fraction of sp³-hybridized carbons (Fsp3) is 0.250. The molecule has 90 valence electrons. The smallest absolute Gasteiger partial charge is 0.372 e. The number of carboxylic acid groups (broad SMARTS) is 1. The van der Waals surface area contributed by atoms with E-state index >= 15 is 0 Å². The first kappa shape index (κ1) is 11.9. The van der Waals surface area contributed by atoms with E-state index in [1.807, 2.05) is 18.4 Å². The molecule has 2 N–H and O–H groups in total. The molecule has 1 atom stereocenters. The van der Waals surface area contributed by atoms with E-state index in [9.17, 15) is 4.79 Å². The SMILES string of the molecule is C[C@H](NCc1ccoc1C(=O)O)c1cccs1. The summed E-state index contributed by atoms with van der Waals surface area (Å²) in [5.74, 6) is -1.02. The van der Waals surface area contributed by atoms with Gasteiger partial charge in [0.25, 0.3) is 0 Å². The fourth-order valence-corrected chi connectivity index (χ4v) is 2.32. The lowest BCUT2D eigenvalue weighted by Crippen LogP contribution is -2.18. The maximum atomic E-state index is 10.8. The standard InChI is InChI=1S/C12H13NO3S/c1-8(10-3-2-6-17-10)13-7-9-4-5-16-11(9)12(14)15/h2-6,8,13H,7H2,1H3,(H,14,15)/t8-/m0/s1. The van der Waals surface area contributed by atoms with Crippen molar-refractivity contribution in [2.24, 2.45) is 0 Å². The Morgan fingerprint density at radius 2 is 2.41 bits per heavy atom. The van der Waals surface area contributed by atoms with E-state index < -0.39 is 5.97 Å². The lowest BCUT2D eigenvalue weighted by atomic mass is 10.2. The molecule has 5 heteroatoms. The monoisotopic (exact) mass is 251 g/mol. The molecule has 0 radical (unpaired) electrons. The Labute approximate surface area is 103 Å². The van der Waals surface area contributed by atoms with Crippen LogP contribution in [0.4, 0.5) is 0 Å². The number of thiophene rings is 1. The Balaban J connectivity index is 1.98. The predicted molar refractivity (Wildman–Crippen MR) is 65.2 cm³/mol. The normalized spacial score (nSPS) is 12.5. The van der Waals surface area contributed by atoms with Crippen molar-refractivity contribution in [3.05, 3.63) is 46.0 Å². The zero-order valence-electron chi connectivity index (χ0n) is 9.34. The van der Waals surface area contributed by atoms with Crippen LogP contribution in [-0.4, -0.2) is 11.1 Å². The van der Waals surface area contributed by atoms with Crippen LogP contribution in [0.3, 0.4) is 0 Å². The second-order valence-corrected chi connectivity index (χ2v) is 4.68. The molecule has 0 amide bonds. The van der Waals surface area contributed by atoms with E-state index in [0.29, 0.717) is 12.1 Å². The third-order valence-corrected chi connectivity index (χ3v) is 3.56. The Morgan fingerprint density at radius 1 is 1.59 bits per heavy atom. The van der Waals surface area contributed by atoms with Gasteiger partial charge in [-0.05, 0) is 24.4 Å². The molecule has 0 aromatic carbocycles. The van der Waals surface area contributed by atoms with E-state index in [1.54, 1.807) is 17.4 Å². The van der Waals surface area contributed by atoms with Gasteiger partial charge >= 0.3 is 5.97 Å². The molecule has 4 nitrogen and oxygen atoms in total. The first-order chi connectivity index (χ1) is 8.18. The van der Waals surface area contributed by atoms with Gasteiger partial charge in [-0.3, -0.25) is 0 Å². The molecule has 2 rings (SSSR count). The number of furan rings is 1. The highest BCUT2D eigenvalue weighted by molar-refractivity contribution is 7.10. The summed E-state index contributed by atoms with van der Waals surface area (Å²) in [6.45, 7) is 2.53. The van der Waals surface area contributed by atoms with Gasteiger partial charge in [0.1, 0.15) is 0 Å². The summed E-state index contributed by atoms with van der Waals surface area (Å²) in [5, 5.41) is 14.2. The molecule has 0 spiro atoms. The Morgan fingerprint density at radius 3 is 3.06 bits per heavy atom. The third kappa shape index (κ3) is 2.75. The van der Waals surface area contributed by atoms with Gasteiger partial charge in [0.2, 0.25) is 5.76 Å². The van der Waals surface area contributed by atoms with Crippen LogP contribution in [0.25, 0.3) is 0 Å². The van der Waals surface area contributed by atoms with Crippen molar-refractivity contribution in [2.75, 3.05) is 0 Å². The summed E-state index contributed by atoms with van der Waals surface area (Å²) >= 11 is 1.68. The highest BCUT2D eigenvalue weighted by Gasteiger charge is 2.14. The molecule has 0 saturated carbocycles. The van der Waals surface area contributed by atoms with Crippen molar-refractivity contribution in [3.8, 4) is 0 Å². The van der Waals surface area contributed by atoms with Crippen molar-refractivity contribution in [3.63, 3.8) is 0 Å². The van der Waals surface area contributed by atoms with E-state index in [1.165, 1.54) is 11.1 Å². The Hall–Kier alpha value is -1.59. The second-order valence-electron chi connectivity index (χ2n) is 3.70. The number of hydrogen-bond acceptors (Lipinski definition) is 4. The van der Waals surface area contributed by atoms with E-state index in [2.05, 4.69) is 11.4 Å². The Kier molecular flexibility index (Phi) is 3.61. The van der Waals surface area contributed by atoms with Crippen molar-refractivity contribution in [1.29, 1.82) is 0 Å². The largest absolute Gasteiger partial charge is 0.475 e. The summed E-state index contributed by atoms with van der Waals surface area (Å²) < 4.78 is 4.91. The van der Waals surface area contributed by atoms with Crippen LogP contribution in [0.1, 0.15) is 34.0 Å². The number of carbonyl (C=O) groups is 1. The fourth-order valence-electron chi connectivity index (χ4n) is 1.56. The number of nitrogens with one attached hydrogen (secondary N) is 1. The van der Waals surface area contributed by atoms with Crippen molar-refractivity contribution in [1.82, 2.24) is 5.32 Å². The molecule has 0 unspecified atom stereocenters. The van der Waals surface area contributed by atoms with Gasteiger partial charge in [-0.2, -0.15) is 0 Å². The molecule has 0 fully saturated rings. The molecule has 2 aromatic heterocycles. The predicted octanol–water partition coefficient (Wildman–Crippen LogP) is 2.89. The lowest BCUT2D eigenvalue weighted by Gasteiger charge is -2.11. The molecular weight excluding hydrogens is 238 g/mol. The highest BCUT2D eigenvalue weighted by Crippen LogP contribution is 2.19. The number of rotatable bonds is 5. The van der Waals surface area contributed by atoms with Gasteiger partial charge in [-0.1, -0.05) is 6.07 Å². The maximum Gasteiger partial charge on any atom is 0.372 e. The summed E-state index contributed by atoms with van der Waals surface area (Å²) in [7, 11) is 0. The van der Waals surface area contributed by atoms with Crippen LogP contribution in [0.5, 0.6) is 0 Å². The average Bonchev–Trinajstić information content (AvgIpc) is 2.96. The Bertz CT molecular complexity index is 490. The van der Waals surface area contributed by atoms with Gasteiger partial charge in [-0.15, -0.1) is 11.3 Å². The number of carboxylic acids is 1. The quantitative estimate of drug-likeness (QED) is 0.857. The van der Waals surface area contributed by atoms with Gasteiger partial charge in [0, 0.05) is 23.0 Å². The van der Waals surface area contributed by atoms with Crippen LogP contribution in [0, 0.1) is 0 Å². The highest BCUT2D eigenvalue weighted by atomic mass is 32.1. The molecule has 0 aliphatic heterocycles. The minimum atomic E-state index is -1.03. The first-order valence-electron chi connectivity index (χ1n) is 5.25. The molecule has 0 bridgehead atoms. The summed E-state index contributed by atoms with van der Waals surface area (Å²) in [6, 6.07) is 5.93. The van der Waals surface area contributed by atoms with Gasteiger partial charge in [0.05, 0.1) is 6.26 Å². The summed E-state index contributed by atoms with van der Waals surface area (Å²) in [4.78, 5) is 12.1. The van der Waals surface area contributed by atoms with E-state index in [4.69, 9.17) is 9.52 Å². The van der Waals surface area contributed by atoms with Gasteiger partial charge in [0.15, 0.2) is 0 Å². The van der Waals surface area contributed by atoms with Crippen molar-refractivity contribution >= 4 is 17.3 Å². The van der Waals surface area contributed by atoms with Crippen molar-refractivity contribution in [2.45, 2.75) is 19.5 Å². The van der Waals surface area contributed by atoms with Crippen LogP contribution < -0.4 is 5.32 Å². The molecule has 2 aromatic rings. The molecule has 0 aliphatic rings. The molecule has 17 heavy (non-hydrogen) atoms. The lowest BCUT2D eigenvalue weighted by molar-refractivity contribution is 0.0660. The molecule has 2 heterocycles. The average molecular weight is 251 g/mol. The maximum absolute atomic E-state index is 10.8. The van der Waals surface area contributed by atoms with Crippen LogP contribution >= 0.6 is 11.3 Å². The number of aromatic carboxylic acids is 1. The molecule has 0 saturated heterocycles. The minimum Gasteiger partial charge on any atom is -0.475 e. The minimum absolute atomic E-state index is 0.0101. The van der Waals surface area contributed by atoms with E-state index in [-0.39, 0.29) is 11.8 Å².